The molecule has 166 valence electrons. The van der Waals surface area contributed by atoms with Gasteiger partial charge in [0.15, 0.2) is 6.61 Å². The van der Waals surface area contributed by atoms with Crippen molar-refractivity contribution in [3.8, 4) is 17.2 Å². The Balaban J connectivity index is 1.39. The van der Waals surface area contributed by atoms with Gasteiger partial charge in [-0.1, -0.05) is 18.2 Å². The standard InChI is InChI=1S/C25H26N2O5/c1-18-5-3-8-23(15-18)31-14-13-26-25(29)19-9-11-21(12-10-19)32-17-24(28)27-20-6-4-7-22(16-20)30-2/h3-12,15-16H,13-14,17H2,1-2H3,(H,26,29)(H,27,28). The molecule has 0 aromatic heterocycles. The van der Waals surface area contributed by atoms with E-state index in [1.54, 1.807) is 55.6 Å². The summed E-state index contributed by atoms with van der Waals surface area (Å²) in [5, 5.41) is 5.55. The molecular formula is C25H26N2O5. The Hall–Kier alpha value is -4.00. The van der Waals surface area contributed by atoms with Crippen molar-refractivity contribution < 1.29 is 23.8 Å². The third kappa shape index (κ3) is 7.05. The van der Waals surface area contributed by atoms with Crippen molar-refractivity contribution in [3.63, 3.8) is 0 Å². The van der Waals surface area contributed by atoms with Gasteiger partial charge in [-0.2, -0.15) is 0 Å². The molecule has 0 atom stereocenters. The minimum absolute atomic E-state index is 0.154. The average Bonchev–Trinajstić information content (AvgIpc) is 2.81. The number of ether oxygens (including phenoxy) is 3. The summed E-state index contributed by atoms with van der Waals surface area (Å²) >= 11 is 0. The molecule has 7 nitrogen and oxygen atoms in total. The second-order valence-electron chi connectivity index (χ2n) is 7.01. The predicted octanol–water partition coefficient (Wildman–Crippen LogP) is 3.83. The molecule has 3 aromatic rings. The zero-order valence-electron chi connectivity index (χ0n) is 18.1. The third-order valence-electron chi connectivity index (χ3n) is 4.49. The first-order valence-corrected chi connectivity index (χ1v) is 10.2. The van der Waals surface area contributed by atoms with Crippen LogP contribution >= 0.6 is 0 Å². The first-order chi connectivity index (χ1) is 15.5. The Morgan fingerprint density at radius 3 is 2.34 bits per heavy atom. The molecule has 0 aliphatic carbocycles. The summed E-state index contributed by atoms with van der Waals surface area (Å²) in [6.07, 6.45) is 0. The van der Waals surface area contributed by atoms with E-state index < -0.39 is 0 Å². The fourth-order valence-corrected chi connectivity index (χ4v) is 2.89. The Labute approximate surface area is 187 Å². The molecule has 32 heavy (non-hydrogen) atoms. The SMILES string of the molecule is COc1cccc(NC(=O)COc2ccc(C(=O)NCCOc3cccc(C)c3)cc2)c1. The van der Waals surface area contributed by atoms with Crippen LogP contribution in [-0.2, 0) is 4.79 Å². The molecule has 0 saturated carbocycles. The summed E-state index contributed by atoms with van der Waals surface area (Å²) < 4.78 is 16.2. The molecule has 0 fully saturated rings. The molecule has 3 aromatic carbocycles. The van der Waals surface area contributed by atoms with Gasteiger partial charge >= 0.3 is 0 Å². The van der Waals surface area contributed by atoms with Crippen LogP contribution in [0.3, 0.4) is 0 Å². The molecule has 0 aliphatic rings. The van der Waals surface area contributed by atoms with Crippen molar-refractivity contribution in [2.75, 3.05) is 32.2 Å². The summed E-state index contributed by atoms with van der Waals surface area (Å²) in [4.78, 5) is 24.3. The van der Waals surface area contributed by atoms with E-state index in [0.29, 0.717) is 35.9 Å². The van der Waals surface area contributed by atoms with Crippen LogP contribution in [-0.4, -0.2) is 38.7 Å². The number of rotatable bonds is 10. The topological polar surface area (TPSA) is 85.9 Å². The second kappa shape index (κ2) is 11.4. The van der Waals surface area contributed by atoms with Gasteiger partial charge < -0.3 is 24.8 Å². The largest absolute Gasteiger partial charge is 0.497 e. The lowest BCUT2D eigenvalue weighted by molar-refractivity contribution is -0.118. The predicted molar refractivity (Wildman–Crippen MR) is 123 cm³/mol. The van der Waals surface area contributed by atoms with Gasteiger partial charge in [0.05, 0.1) is 13.7 Å². The summed E-state index contributed by atoms with van der Waals surface area (Å²) in [5.74, 6) is 1.41. The molecule has 0 saturated heterocycles. The molecule has 0 aliphatic heterocycles. The first kappa shape index (κ1) is 22.7. The van der Waals surface area contributed by atoms with E-state index in [0.717, 1.165) is 11.3 Å². The zero-order chi connectivity index (χ0) is 22.8. The highest BCUT2D eigenvalue weighted by Crippen LogP contribution is 2.17. The molecular weight excluding hydrogens is 408 g/mol. The van der Waals surface area contributed by atoms with Crippen LogP contribution in [0.5, 0.6) is 17.2 Å². The van der Waals surface area contributed by atoms with Crippen LogP contribution in [0.2, 0.25) is 0 Å². The molecule has 3 rings (SSSR count). The van der Waals surface area contributed by atoms with Gasteiger partial charge in [-0.05, 0) is 61.0 Å². The molecule has 0 bridgehead atoms. The van der Waals surface area contributed by atoms with Gasteiger partial charge in [0.1, 0.15) is 23.9 Å². The number of aryl methyl sites for hydroxylation is 1. The number of benzene rings is 3. The van der Waals surface area contributed by atoms with Crippen LogP contribution in [0, 0.1) is 6.92 Å². The van der Waals surface area contributed by atoms with Crippen molar-refractivity contribution in [1.82, 2.24) is 5.32 Å². The molecule has 0 spiro atoms. The highest BCUT2D eigenvalue weighted by Gasteiger charge is 2.08. The number of methoxy groups -OCH3 is 1. The van der Waals surface area contributed by atoms with Crippen LogP contribution < -0.4 is 24.8 Å². The van der Waals surface area contributed by atoms with E-state index in [1.807, 2.05) is 31.2 Å². The van der Waals surface area contributed by atoms with Crippen molar-refractivity contribution in [1.29, 1.82) is 0 Å². The van der Waals surface area contributed by atoms with Gasteiger partial charge in [-0.15, -0.1) is 0 Å². The molecule has 0 radical (unpaired) electrons. The van der Waals surface area contributed by atoms with E-state index in [1.165, 1.54) is 0 Å². The van der Waals surface area contributed by atoms with Crippen LogP contribution in [0.1, 0.15) is 15.9 Å². The first-order valence-electron chi connectivity index (χ1n) is 10.2. The maximum atomic E-state index is 12.3. The third-order valence-corrected chi connectivity index (χ3v) is 4.49. The fraction of sp³-hybridized carbons (Fsp3) is 0.200. The van der Waals surface area contributed by atoms with Gasteiger partial charge in [-0.25, -0.2) is 0 Å². The van der Waals surface area contributed by atoms with Crippen molar-refractivity contribution in [3.05, 3.63) is 83.9 Å². The highest BCUT2D eigenvalue weighted by atomic mass is 16.5. The van der Waals surface area contributed by atoms with Gasteiger partial charge in [0.25, 0.3) is 11.8 Å². The summed E-state index contributed by atoms with van der Waals surface area (Å²) in [7, 11) is 1.56. The lowest BCUT2D eigenvalue weighted by atomic mass is 10.2. The van der Waals surface area contributed by atoms with E-state index in [9.17, 15) is 9.59 Å². The number of anilines is 1. The van der Waals surface area contributed by atoms with Crippen LogP contribution in [0.4, 0.5) is 5.69 Å². The maximum absolute atomic E-state index is 12.3. The Bertz CT molecular complexity index is 1050. The van der Waals surface area contributed by atoms with Crippen molar-refractivity contribution >= 4 is 17.5 Å². The number of carbonyl (C=O) groups excluding carboxylic acids is 2. The van der Waals surface area contributed by atoms with Gasteiger partial charge in [-0.3, -0.25) is 9.59 Å². The number of amides is 2. The van der Waals surface area contributed by atoms with Crippen LogP contribution in [0.15, 0.2) is 72.8 Å². The summed E-state index contributed by atoms with van der Waals surface area (Å²) in [6.45, 7) is 2.60. The molecule has 0 unspecified atom stereocenters. The molecule has 0 heterocycles. The smallest absolute Gasteiger partial charge is 0.262 e. The van der Waals surface area contributed by atoms with Gasteiger partial charge in [0.2, 0.25) is 0 Å². The lowest BCUT2D eigenvalue weighted by Gasteiger charge is -2.10. The number of hydrogen-bond donors (Lipinski definition) is 2. The Morgan fingerprint density at radius 2 is 1.59 bits per heavy atom. The quantitative estimate of drug-likeness (QED) is 0.474. The monoisotopic (exact) mass is 434 g/mol. The second-order valence-corrected chi connectivity index (χ2v) is 7.01. The summed E-state index contributed by atoms with van der Waals surface area (Å²) in [5.41, 5.74) is 2.23. The number of hydrogen-bond acceptors (Lipinski definition) is 5. The normalized spacial score (nSPS) is 10.2. The average molecular weight is 434 g/mol. The Morgan fingerprint density at radius 1 is 0.844 bits per heavy atom. The summed E-state index contributed by atoms with van der Waals surface area (Å²) in [6, 6.07) is 21.4. The minimum atomic E-state index is -0.298. The molecule has 2 N–H and O–H groups in total. The lowest BCUT2D eigenvalue weighted by Crippen LogP contribution is -2.28. The Kier molecular flexibility index (Phi) is 8.09. The van der Waals surface area contributed by atoms with Crippen molar-refractivity contribution in [2.24, 2.45) is 0 Å². The fourth-order valence-electron chi connectivity index (χ4n) is 2.89. The van der Waals surface area contributed by atoms with E-state index in [2.05, 4.69) is 10.6 Å². The molecule has 2 amide bonds. The van der Waals surface area contributed by atoms with E-state index in [4.69, 9.17) is 14.2 Å². The number of carbonyl (C=O) groups is 2. The highest BCUT2D eigenvalue weighted by molar-refractivity contribution is 5.94. The minimum Gasteiger partial charge on any atom is -0.497 e. The zero-order valence-corrected chi connectivity index (χ0v) is 18.1. The van der Waals surface area contributed by atoms with Crippen LogP contribution in [0.25, 0.3) is 0 Å². The van der Waals surface area contributed by atoms with Gasteiger partial charge in [0, 0.05) is 17.3 Å². The van der Waals surface area contributed by atoms with E-state index in [-0.39, 0.29) is 18.4 Å². The maximum Gasteiger partial charge on any atom is 0.262 e. The number of nitrogens with one attached hydrogen (secondary N) is 2. The molecule has 7 heteroatoms. The van der Waals surface area contributed by atoms with E-state index >= 15 is 0 Å². The van der Waals surface area contributed by atoms with Crippen molar-refractivity contribution in [2.45, 2.75) is 6.92 Å².